The fourth-order valence-corrected chi connectivity index (χ4v) is 4.77. The van der Waals surface area contributed by atoms with Gasteiger partial charge in [0, 0.05) is 55.7 Å². The van der Waals surface area contributed by atoms with E-state index in [0.29, 0.717) is 17.7 Å². The van der Waals surface area contributed by atoms with Crippen LogP contribution in [0.5, 0.6) is 5.75 Å². The average Bonchev–Trinajstić information content (AvgIpc) is 3.21. The molecule has 33 heavy (non-hydrogen) atoms. The highest BCUT2D eigenvalue weighted by molar-refractivity contribution is 6.01. The highest BCUT2D eigenvalue weighted by Gasteiger charge is 2.43. The predicted molar refractivity (Wildman–Crippen MR) is 123 cm³/mol. The number of aromatic amines is 1. The molecule has 1 aromatic heterocycles. The zero-order chi connectivity index (χ0) is 23.0. The Morgan fingerprint density at radius 3 is 2.85 bits per heavy atom. The zero-order valence-electron chi connectivity index (χ0n) is 18.4. The molecule has 0 saturated carbocycles. The van der Waals surface area contributed by atoms with Gasteiger partial charge in [0.15, 0.2) is 5.78 Å². The standard InChI is InChI=1S/C26H25FN2O4/c1-32-25(31)7-3-17-2-6-24-21(12-17)23(30)14-26(33-24)8-10-29(11-9-26)16-18-15-28-22-5-4-19(27)13-20(18)22/h2-7,12-13,15,28H,8-11,14,16H2,1H3/b7-3+. The third-order valence-electron chi connectivity index (χ3n) is 6.62. The maximum atomic E-state index is 13.7. The van der Waals surface area contributed by atoms with Gasteiger partial charge in [-0.2, -0.15) is 0 Å². The molecule has 170 valence electrons. The minimum absolute atomic E-state index is 0.0603. The lowest BCUT2D eigenvalue weighted by atomic mass is 9.82. The first kappa shape index (κ1) is 21.4. The van der Waals surface area contributed by atoms with Gasteiger partial charge < -0.3 is 14.5 Å². The van der Waals surface area contributed by atoms with Crippen molar-refractivity contribution in [3.8, 4) is 5.75 Å². The first-order valence-corrected chi connectivity index (χ1v) is 11.0. The average molecular weight is 448 g/mol. The summed E-state index contributed by atoms with van der Waals surface area (Å²) >= 11 is 0. The molecule has 0 aliphatic carbocycles. The van der Waals surface area contributed by atoms with Crippen molar-refractivity contribution in [3.05, 3.63) is 71.2 Å². The number of Topliss-reactive ketones (excluding diaryl/α,β-unsaturated/α-hetero) is 1. The first-order chi connectivity index (χ1) is 15.9. The monoisotopic (exact) mass is 448 g/mol. The Morgan fingerprint density at radius 1 is 1.24 bits per heavy atom. The molecule has 3 aromatic rings. The molecular formula is C26H25FN2O4. The number of ether oxygens (including phenoxy) is 2. The Kier molecular flexibility index (Phi) is 5.50. The number of fused-ring (bicyclic) bond motifs is 2. The lowest BCUT2D eigenvalue weighted by molar-refractivity contribution is -0.134. The van der Waals surface area contributed by atoms with Crippen molar-refractivity contribution < 1.29 is 23.5 Å². The van der Waals surface area contributed by atoms with Gasteiger partial charge in [0.2, 0.25) is 0 Å². The summed E-state index contributed by atoms with van der Waals surface area (Å²) in [6.45, 7) is 2.31. The smallest absolute Gasteiger partial charge is 0.330 e. The van der Waals surface area contributed by atoms with Gasteiger partial charge >= 0.3 is 5.97 Å². The zero-order valence-corrected chi connectivity index (χ0v) is 18.4. The van der Waals surface area contributed by atoms with E-state index in [4.69, 9.17) is 4.74 Å². The normalized spacial score (nSPS) is 17.9. The molecule has 6 nitrogen and oxygen atoms in total. The molecule has 2 aliphatic rings. The number of H-pyrrole nitrogens is 1. The third kappa shape index (κ3) is 4.28. The lowest BCUT2D eigenvalue weighted by Gasteiger charge is -2.44. The van der Waals surface area contributed by atoms with E-state index in [1.165, 1.54) is 19.3 Å². The van der Waals surface area contributed by atoms with Crippen molar-refractivity contribution in [1.29, 1.82) is 0 Å². The van der Waals surface area contributed by atoms with Crippen LogP contribution in [0.4, 0.5) is 4.39 Å². The van der Waals surface area contributed by atoms with E-state index in [-0.39, 0.29) is 11.6 Å². The number of carbonyl (C=O) groups is 2. The number of piperidine rings is 1. The van der Waals surface area contributed by atoms with Gasteiger partial charge in [0.25, 0.3) is 0 Å². The summed E-state index contributed by atoms with van der Waals surface area (Å²) in [5.74, 6) is -0.0244. The van der Waals surface area contributed by atoms with Gasteiger partial charge in [0.1, 0.15) is 17.2 Å². The number of likely N-dealkylation sites (tertiary alicyclic amines) is 1. The van der Waals surface area contributed by atoms with E-state index in [2.05, 4.69) is 14.6 Å². The molecule has 1 spiro atoms. The SMILES string of the molecule is COC(=O)/C=C/c1ccc2c(c1)C(=O)CC1(CCN(Cc3c[nH]c4ccc(F)cc34)CC1)O2. The molecule has 2 aromatic carbocycles. The van der Waals surface area contributed by atoms with Crippen molar-refractivity contribution in [3.63, 3.8) is 0 Å². The van der Waals surface area contributed by atoms with Crippen LogP contribution in [0.25, 0.3) is 17.0 Å². The second kappa shape index (κ2) is 8.48. The first-order valence-electron chi connectivity index (χ1n) is 11.0. The van der Waals surface area contributed by atoms with Gasteiger partial charge in [-0.1, -0.05) is 6.07 Å². The molecule has 2 aliphatic heterocycles. The Hall–Kier alpha value is -3.45. The maximum absolute atomic E-state index is 13.7. The number of hydrogen-bond donors (Lipinski definition) is 1. The second-order valence-electron chi connectivity index (χ2n) is 8.78. The number of rotatable bonds is 4. The summed E-state index contributed by atoms with van der Waals surface area (Å²) in [7, 11) is 1.32. The number of halogens is 1. The number of benzene rings is 2. The molecule has 0 bridgehead atoms. The number of nitrogens with one attached hydrogen (secondary N) is 1. The van der Waals surface area contributed by atoms with Crippen LogP contribution in [0.3, 0.4) is 0 Å². The molecule has 1 fully saturated rings. The van der Waals surface area contributed by atoms with Crippen LogP contribution >= 0.6 is 0 Å². The van der Waals surface area contributed by atoms with Crippen molar-refractivity contribution in [2.24, 2.45) is 0 Å². The summed E-state index contributed by atoms with van der Waals surface area (Å²) in [5.41, 5.74) is 2.81. The minimum atomic E-state index is -0.490. The van der Waals surface area contributed by atoms with E-state index in [1.54, 1.807) is 30.3 Å². The van der Waals surface area contributed by atoms with E-state index < -0.39 is 11.6 Å². The molecule has 0 radical (unpaired) electrons. The topological polar surface area (TPSA) is 71.6 Å². The van der Waals surface area contributed by atoms with Crippen LogP contribution in [0, 0.1) is 5.82 Å². The Bertz CT molecular complexity index is 1250. The number of nitrogens with zero attached hydrogens (tertiary/aromatic N) is 1. The highest BCUT2D eigenvalue weighted by atomic mass is 19.1. The maximum Gasteiger partial charge on any atom is 0.330 e. The molecular weight excluding hydrogens is 423 g/mol. The molecule has 0 atom stereocenters. The van der Waals surface area contributed by atoms with Crippen molar-refractivity contribution in [2.45, 2.75) is 31.4 Å². The van der Waals surface area contributed by atoms with Crippen molar-refractivity contribution in [2.75, 3.05) is 20.2 Å². The van der Waals surface area contributed by atoms with Gasteiger partial charge in [0.05, 0.1) is 19.1 Å². The number of methoxy groups -OCH3 is 1. The largest absolute Gasteiger partial charge is 0.486 e. The molecule has 5 rings (SSSR count). The lowest BCUT2D eigenvalue weighted by Crippen LogP contribution is -2.50. The highest BCUT2D eigenvalue weighted by Crippen LogP contribution is 2.40. The number of ketones is 1. The molecule has 0 unspecified atom stereocenters. The van der Waals surface area contributed by atoms with Crippen LogP contribution in [0.1, 0.15) is 40.7 Å². The van der Waals surface area contributed by atoms with E-state index in [1.807, 2.05) is 12.3 Å². The van der Waals surface area contributed by atoms with Crippen LogP contribution in [-0.2, 0) is 16.1 Å². The summed E-state index contributed by atoms with van der Waals surface area (Å²) < 4.78 is 24.7. The van der Waals surface area contributed by atoms with Gasteiger partial charge in [-0.25, -0.2) is 9.18 Å². The van der Waals surface area contributed by atoms with E-state index >= 15 is 0 Å². The number of hydrogen-bond acceptors (Lipinski definition) is 5. The minimum Gasteiger partial charge on any atom is -0.486 e. The van der Waals surface area contributed by atoms with E-state index in [0.717, 1.165) is 54.5 Å². The molecule has 1 N–H and O–H groups in total. The molecule has 0 amide bonds. The summed E-state index contributed by atoms with van der Waals surface area (Å²) in [5, 5.41) is 0.908. The van der Waals surface area contributed by atoms with Crippen LogP contribution in [0.15, 0.2) is 48.7 Å². The Labute approximate surface area is 191 Å². The second-order valence-corrected chi connectivity index (χ2v) is 8.78. The number of esters is 1. The number of aromatic nitrogens is 1. The molecule has 3 heterocycles. The van der Waals surface area contributed by atoms with Crippen molar-refractivity contribution in [1.82, 2.24) is 9.88 Å². The summed E-state index contributed by atoms with van der Waals surface area (Å²) in [4.78, 5) is 29.8. The summed E-state index contributed by atoms with van der Waals surface area (Å²) in [6, 6.07) is 10.2. The van der Waals surface area contributed by atoms with Crippen molar-refractivity contribution >= 4 is 28.7 Å². The fraction of sp³-hybridized carbons (Fsp3) is 0.308. The van der Waals surface area contributed by atoms with E-state index in [9.17, 15) is 14.0 Å². The van der Waals surface area contributed by atoms with Crippen LogP contribution in [-0.4, -0.2) is 47.4 Å². The predicted octanol–water partition coefficient (Wildman–Crippen LogP) is 4.49. The quantitative estimate of drug-likeness (QED) is 0.470. The Balaban J connectivity index is 1.27. The summed E-state index contributed by atoms with van der Waals surface area (Å²) in [6.07, 6.45) is 6.74. The van der Waals surface area contributed by atoms with Gasteiger partial charge in [-0.15, -0.1) is 0 Å². The number of carbonyl (C=O) groups excluding carboxylic acids is 2. The Morgan fingerprint density at radius 2 is 2.06 bits per heavy atom. The van der Waals surface area contributed by atoms with Gasteiger partial charge in [-0.05, 0) is 47.5 Å². The van der Waals surface area contributed by atoms with Crippen LogP contribution < -0.4 is 4.74 Å². The fourth-order valence-electron chi connectivity index (χ4n) is 4.77. The molecule has 1 saturated heterocycles. The van der Waals surface area contributed by atoms with Crippen LogP contribution in [0.2, 0.25) is 0 Å². The van der Waals surface area contributed by atoms with Gasteiger partial charge in [-0.3, -0.25) is 9.69 Å². The molecule has 7 heteroatoms. The third-order valence-corrected chi connectivity index (χ3v) is 6.62.